The van der Waals surface area contributed by atoms with Crippen LogP contribution in [0.25, 0.3) is 0 Å². The van der Waals surface area contributed by atoms with Crippen LogP contribution < -0.4 is 5.32 Å². The van der Waals surface area contributed by atoms with E-state index in [1.54, 1.807) is 0 Å². The molecule has 0 bridgehead atoms. The summed E-state index contributed by atoms with van der Waals surface area (Å²) in [4.78, 5) is 11.6. The molecule has 15 heavy (non-hydrogen) atoms. The van der Waals surface area contributed by atoms with E-state index >= 15 is 0 Å². The van der Waals surface area contributed by atoms with Crippen molar-refractivity contribution in [1.82, 2.24) is 5.32 Å². The van der Waals surface area contributed by atoms with Crippen LogP contribution in [-0.4, -0.2) is 23.7 Å². The second-order valence-corrected chi connectivity index (χ2v) is 4.36. The number of amides is 1. The quantitative estimate of drug-likeness (QED) is 0.807. The van der Waals surface area contributed by atoms with E-state index < -0.39 is 6.10 Å². The number of aliphatic hydroxyl groups excluding tert-OH is 1. The van der Waals surface area contributed by atoms with Gasteiger partial charge >= 0.3 is 0 Å². The predicted octanol–water partition coefficient (Wildman–Crippen LogP) is 1.95. The smallest absolute Gasteiger partial charge is 0.252 e. The van der Waals surface area contributed by atoms with E-state index in [-0.39, 0.29) is 5.91 Å². The first kappa shape index (κ1) is 12.2. The first-order valence-corrected chi connectivity index (χ1v) is 6.08. The molecule has 1 atom stereocenters. The normalized spacial score (nSPS) is 12.5. The zero-order valence-electron chi connectivity index (χ0n) is 9.12. The van der Waals surface area contributed by atoms with Gasteiger partial charge in [-0.25, -0.2) is 0 Å². The number of nitrogens with one attached hydrogen (secondary N) is 1. The van der Waals surface area contributed by atoms with E-state index in [2.05, 4.69) is 5.32 Å². The Bertz CT molecular complexity index is 322. The number of hydrogen-bond acceptors (Lipinski definition) is 3. The Hall–Kier alpha value is -0.870. The van der Waals surface area contributed by atoms with E-state index in [1.165, 1.54) is 11.3 Å². The van der Waals surface area contributed by atoms with Crippen LogP contribution in [0.4, 0.5) is 0 Å². The Labute approximate surface area is 94.1 Å². The van der Waals surface area contributed by atoms with Crippen molar-refractivity contribution in [2.24, 2.45) is 0 Å². The molecular weight excluding hydrogens is 210 g/mol. The van der Waals surface area contributed by atoms with Crippen molar-refractivity contribution in [3.05, 3.63) is 21.9 Å². The minimum Gasteiger partial charge on any atom is -0.391 e. The molecule has 1 amide bonds. The van der Waals surface area contributed by atoms with Gasteiger partial charge in [0.2, 0.25) is 0 Å². The highest BCUT2D eigenvalue weighted by molar-refractivity contribution is 7.08. The maximum absolute atomic E-state index is 11.6. The Morgan fingerprint density at radius 1 is 1.60 bits per heavy atom. The van der Waals surface area contributed by atoms with Crippen molar-refractivity contribution >= 4 is 17.2 Å². The molecule has 1 rings (SSSR count). The van der Waals surface area contributed by atoms with Crippen LogP contribution in [0.5, 0.6) is 0 Å². The van der Waals surface area contributed by atoms with Gasteiger partial charge in [-0.2, -0.15) is 11.3 Å². The van der Waals surface area contributed by atoms with Gasteiger partial charge in [-0.1, -0.05) is 13.3 Å². The number of carbonyl (C=O) groups is 1. The molecule has 1 aromatic heterocycles. The van der Waals surface area contributed by atoms with Gasteiger partial charge < -0.3 is 10.4 Å². The Kier molecular flexibility index (Phi) is 4.78. The minimum absolute atomic E-state index is 0.0936. The summed E-state index contributed by atoms with van der Waals surface area (Å²) in [5.41, 5.74) is 1.70. The highest BCUT2D eigenvalue weighted by atomic mass is 32.1. The van der Waals surface area contributed by atoms with Gasteiger partial charge in [0.15, 0.2) is 0 Å². The Morgan fingerprint density at radius 2 is 2.33 bits per heavy atom. The summed E-state index contributed by atoms with van der Waals surface area (Å²) >= 11 is 1.52. The molecule has 0 spiro atoms. The van der Waals surface area contributed by atoms with Gasteiger partial charge in [0.05, 0.1) is 11.7 Å². The first-order chi connectivity index (χ1) is 7.15. The lowest BCUT2D eigenvalue weighted by Gasteiger charge is -2.10. The fourth-order valence-electron chi connectivity index (χ4n) is 1.33. The highest BCUT2D eigenvalue weighted by Crippen LogP contribution is 2.13. The molecule has 0 aromatic carbocycles. The molecule has 2 N–H and O–H groups in total. The number of aryl methyl sites for hydroxylation is 1. The molecule has 0 radical (unpaired) electrons. The molecule has 0 saturated heterocycles. The molecule has 3 nitrogen and oxygen atoms in total. The van der Waals surface area contributed by atoms with Crippen LogP contribution in [0.2, 0.25) is 0 Å². The van der Waals surface area contributed by atoms with Crippen LogP contribution in [0.15, 0.2) is 10.8 Å². The van der Waals surface area contributed by atoms with Crippen molar-refractivity contribution in [2.45, 2.75) is 32.8 Å². The zero-order valence-corrected chi connectivity index (χ0v) is 9.93. The fraction of sp³-hybridized carbons (Fsp3) is 0.545. The van der Waals surface area contributed by atoms with Crippen LogP contribution in [0, 0.1) is 6.92 Å². The van der Waals surface area contributed by atoms with E-state index in [1.807, 2.05) is 24.6 Å². The lowest BCUT2D eigenvalue weighted by molar-refractivity contribution is 0.0910. The number of thiophene rings is 1. The van der Waals surface area contributed by atoms with Crippen molar-refractivity contribution in [2.75, 3.05) is 6.54 Å². The molecule has 0 aliphatic heterocycles. The number of hydrogen-bond donors (Lipinski definition) is 2. The monoisotopic (exact) mass is 227 g/mol. The van der Waals surface area contributed by atoms with Crippen LogP contribution >= 0.6 is 11.3 Å². The molecule has 4 heteroatoms. The average Bonchev–Trinajstić information content (AvgIpc) is 2.61. The molecule has 1 heterocycles. The van der Waals surface area contributed by atoms with E-state index in [0.717, 1.165) is 18.4 Å². The van der Waals surface area contributed by atoms with E-state index in [4.69, 9.17) is 0 Å². The van der Waals surface area contributed by atoms with E-state index in [0.29, 0.717) is 12.1 Å². The second-order valence-electron chi connectivity index (χ2n) is 3.62. The largest absolute Gasteiger partial charge is 0.391 e. The summed E-state index contributed by atoms with van der Waals surface area (Å²) < 4.78 is 0. The molecule has 0 aliphatic rings. The fourth-order valence-corrected chi connectivity index (χ4v) is 2.16. The number of aliphatic hydroxyl groups is 1. The molecule has 0 fully saturated rings. The lowest BCUT2D eigenvalue weighted by Crippen LogP contribution is -2.32. The van der Waals surface area contributed by atoms with Crippen molar-refractivity contribution in [3.8, 4) is 0 Å². The van der Waals surface area contributed by atoms with Gasteiger partial charge in [-0.3, -0.25) is 4.79 Å². The van der Waals surface area contributed by atoms with Gasteiger partial charge in [0.25, 0.3) is 5.91 Å². The average molecular weight is 227 g/mol. The second kappa shape index (κ2) is 5.88. The Balaban J connectivity index is 2.40. The van der Waals surface area contributed by atoms with E-state index in [9.17, 15) is 9.90 Å². The van der Waals surface area contributed by atoms with Crippen LogP contribution in [-0.2, 0) is 0 Å². The summed E-state index contributed by atoms with van der Waals surface area (Å²) in [7, 11) is 0. The van der Waals surface area contributed by atoms with Gasteiger partial charge in [-0.15, -0.1) is 0 Å². The molecular formula is C11H17NO2S. The van der Waals surface area contributed by atoms with Crippen molar-refractivity contribution in [1.29, 1.82) is 0 Å². The predicted molar refractivity (Wildman–Crippen MR) is 62.3 cm³/mol. The van der Waals surface area contributed by atoms with Crippen molar-refractivity contribution < 1.29 is 9.90 Å². The summed E-state index contributed by atoms with van der Waals surface area (Å²) in [6, 6.07) is 0. The topological polar surface area (TPSA) is 49.3 Å². The van der Waals surface area contributed by atoms with Gasteiger partial charge in [-0.05, 0) is 24.3 Å². The molecule has 0 aliphatic carbocycles. The number of carbonyl (C=O) groups excluding carboxylic acids is 1. The van der Waals surface area contributed by atoms with Crippen molar-refractivity contribution in [3.63, 3.8) is 0 Å². The van der Waals surface area contributed by atoms with Gasteiger partial charge in [0.1, 0.15) is 0 Å². The SMILES string of the molecule is CCCC(O)CNC(=O)c1cscc1C. The third kappa shape index (κ3) is 3.64. The third-order valence-corrected chi connectivity index (χ3v) is 3.08. The lowest BCUT2D eigenvalue weighted by atomic mass is 10.2. The Morgan fingerprint density at radius 3 is 2.87 bits per heavy atom. The summed E-state index contributed by atoms with van der Waals surface area (Å²) in [5, 5.41) is 16.0. The maximum Gasteiger partial charge on any atom is 0.252 e. The number of rotatable bonds is 5. The maximum atomic E-state index is 11.6. The molecule has 1 unspecified atom stereocenters. The minimum atomic E-state index is -0.433. The zero-order chi connectivity index (χ0) is 11.3. The first-order valence-electron chi connectivity index (χ1n) is 5.14. The molecule has 84 valence electrons. The standard InChI is InChI=1S/C11H17NO2S/c1-3-4-9(13)5-12-11(14)10-7-15-6-8(10)2/h6-7,9,13H,3-5H2,1-2H3,(H,12,14). The van der Waals surface area contributed by atoms with Crippen LogP contribution in [0.1, 0.15) is 35.7 Å². The third-order valence-electron chi connectivity index (χ3n) is 2.22. The van der Waals surface area contributed by atoms with Crippen LogP contribution in [0.3, 0.4) is 0 Å². The highest BCUT2D eigenvalue weighted by Gasteiger charge is 2.10. The van der Waals surface area contributed by atoms with Gasteiger partial charge in [0, 0.05) is 11.9 Å². The molecule has 1 aromatic rings. The molecule has 0 saturated carbocycles. The summed E-state index contributed by atoms with van der Waals surface area (Å²) in [5.74, 6) is -0.0936. The summed E-state index contributed by atoms with van der Waals surface area (Å²) in [6.45, 7) is 4.25. The summed E-state index contributed by atoms with van der Waals surface area (Å²) in [6.07, 6.45) is 1.22.